The van der Waals surface area contributed by atoms with E-state index in [1.165, 1.54) is 4.68 Å². The van der Waals surface area contributed by atoms with E-state index in [4.69, 9.17) is 9.47 Å². The van der Waals surface area contributed by atoms with Gasteiger partial charge in [-0.3, -0.25) is 9.59 Å². The van der Waals surface area contributed by atoms with E-state index < -0.39 is 5.54 Å². The molecule has 0 unspecified atom stereocenters. The maximum atomic E-state index is 13.1. The third-order valence-corrected chi connectivity index (χ3v) is 6.33. The molecule has 1 aromatic heterocycles. The Morgan fingerprint density at radius 3 is 2.61 bits per heavy atom. The van der Waals surface area contributed by atoms with Crippen LogP contribution in [-0.4, -0.2) is 22.5 Å². The van der Waals surface area contributed by atoms with Crippen molar-refractivity contribution in [3.05, 3.63) is 64.1 Å². The number of hydrogen-bond donors (Lipinski definition) is 1. The Bertz CT molecular complexity index is 1210. The number of nitrogens with one attached hydrogen (secondary N) is 1. The summed E-state index contributed by atoms with van der Waals surface area (Å²) in [7, 11) is 0. The highest BCUT2D eigenvalue weighted by Crippen LogP contribution is 2.42. The van der Waals surface area contributed by atoms with Gasteiger partial charge in [0.05, 0.1) is 16.6 Å². The SMILES string of the molecule is CCc1nn(CC(=O)NC2(c3ccc4c(c3)OCO4)CCCC2)c(=O)c2ccccc12. The van der Waals surface area contributed by atoms with Gasteiger partial charge in [0.2, 0.25) is 12.7 Å². The summed E-state index contributed by atoms with van der Waals surface area (Å²) >= 11 is 0. The lowest BCUT2D eigenvalue weighted by Crippen LogP contribution is -2.46. The molecule has 2 aromatic carbocycles. The van der Waals surface area contributed by atoms with Gasteiger partial charge in [0.25, 0.3) is 5.56 Å². The van der Waals surface area contributed by atoms with Crippen LogP contribution in [0.25, 0.3) is 10.8 Å². The number of hydrogen-bond acceptors (Lipinski definition) is 5. The van der Waals surface area contributed by atoms with Crippen molar-refractivity contribution in [3.63, 3.8) is 0 Å². The average Bonchev–Trinajstić information content (AvgIpc) is 3.45. The van der Waals surface area contributed by atoms with Gasteiger partial charge in [0, 0.05) is 5.39 Å². The Labute approximate surface area is 180 Å². The zero-order chi connectivity index (χ0) is 21.4. The molecule has 1 aliphatic carbocycles. The van der Waals surface area contributed by atoms with Crippen LogP contribution in [0.3, 0.4) is 0 Å². The van der Waals surface area contributed by atoms with Crippen molar-refractivity contribution >= 4 is 16.7 Å². The van der Waals surface area contributed by atoms with Crippen LogP contribution < -0.4 is 20.3 Å². The third kappa shape index (κ3) is 3.44. The van der Waals surface area contributed by atoms with Crippen LogP contribution in [0.15, 0.2) is 47.3 Å². The van der Waals surface area contributed by atoms with E-state index >= 15 is 0 Å². The van der Waals surface area contributed by atoms with Crippen molar-refractivity contribution < 1.29 is 14.3 Å². The predicted octanol–water partition coefficient (Wildman–Crippen LogP) is 3.27. The Kier molecular flexibility index (Phi) is 4.88. The van der Waals surface area contributed by atoms with Crippen molar-refractivity contribution in [2.75, 3.05) is 6.79 Å². The van der Waals surface area contributed by atoms with E-state index in [0.29, 0.717) is 17.6 Å². The number of carbonyl (C=O) groups excluding carboxylic acids is 1. The lowest BCUT2D eigenvalue weighted by atomic mass is 9.87. The maximum absolute atomic E-state index is 13.1. The van der Waals surface area contributed by atoms with Gasteiger partial charge >= 0.3 is 0 Å². The number of rotatable bonds is 5. The fourth-order valence-corrected chi connectivity index (χ4v) is 4.77. The third-order valence-electron chi connectivity index (χ3n) is 6.33. The molecular weight excluding hydrogens is 394 g/mol. The molecule has 3 aromatic rings. The largest absolute Gasteiger partial charge is 0.454 e. The summed E-state index contributed by atoms with van der Waals surface area (Å²) < 4.78 is 12.2. The Balaban J connectivity index is 1.44. The standard InChI is InChI=1S/C24H25N3O4/c1-2-19-17-7-3-4-8-18(17)23(29)27(26-19)14-22(28)25-24(11-5-6-12-24)16-9-10-20-21(13-16)31-15-30-20/h3-4,7-10,13H,2,5-6,11-12,14-15H2,1H3,(H,25,28). The number of fused-ring (bicyclic) bond motifs is 2. The molecule has 1 saturated carbocycles. The van der Waals surface area contributed by atoms with Crippen molar-refractivity contribution in [1.82, 2.24) is 15.1 Å². The van der Waals surface area contributed by atoms with Crippen molar-refractivity contribution in [3.8, 4) is 11.5 Å². The molecule has 7 nitrogen and oxygen atoms in total. The molecule has 1 N–H and O–H groups in total. The van der Waals surface area contributed by atoms with E-state index in [1.807, 2.05) is 43.3 Å². The van der Waals surface area contributed by atoms with Gasteiger partial charge in [0.15, 0.2) is 11.5 Å². The average molecular weight is 419 g/mol. The second kappa shape index (κ2) is 7.72. The zero-order valence-corrected chi connectivity index (χ0v) is 17.5. The molecule has 2 heterocycles. The molecule has 0 bridgehead atoms. The van der Waals surface area contributed by atoms with Gasteiger partial charge in [-0.05, 0) is 43.0 Å². The minimum absolute atomic E-state index is 0.108. The number of benzene rings is 2. The van der Waals surface area contributed by atoms with Gasteiger partial charge in [-0.1, -0.05) is 44.0 Å². The number of amides is 1. The van der Waals surface area contributed by atoms with E-state index in [-0.39, 0.29) is 24.8 Å². The van der Waals surface area contributed by atoms with E-state index in [2.05, 4.69) is 10.4 Å². The van der Waals surface area contributed by atoms with Crippen molar-refractivity contribution in [2.24, 2.45) is 0 Å². The first-order valence-electron chi connectivity index (χ1n) is 10.8. The van der Waals surface area contributed by atoms with E-state index in [0.717, 1.165) is 48.1 Å². The molecule has 1 amide bonds. The molecule has 1 fully saturated rings. The minimum Gasteiger partial charge on any atom is -0.454 e. The van der Waals surface area contributed by atoms with Gasteiger partial charge in [0.1, 0.15) is 6.54 Å². The van der Waals surface area contributed by atoms with Gasteiger partial charge in [-0.15, -0.1) is 0 Å². The molecule has 0 atom stereocenters. The molecule has 31 heavy (non-hydrogen) atoms. The first-order valence-corrected chi connectivity index (χ1v) is 10.8. The van der Waals surface area contributed by atoms with Crippen LogP contribution in [0.4, 0.5) is 0 Å². The van der Waals surface area contributed by atoms with E-state index in [9.17, 15) is 9.59 Å². The molecule has 7 heteroatoms. The highest BCUT2D eigenvalue weighted by Gasteiger charge is 2.38. The fraction of sp³-hybridized carbons (Fsp3) is 0.375. The monoisotopic (exact) mass is 419 g/mol. The van der Waals surface area contributed by atoms with Crippen LogP contribution in [-0.2, 0) is 23.3 Å². The number of nitrogens with zero attached hydrogens (tertiary/aromatic N) is 2. The molecule has 160 valence electrons. The van der Waals surface area contributed by atoms with Crippen LogP contribution >= 0.6 is 0 Å². The van der Waals surface area contributed by atoms with Crippen molar-refractivity contribution in [2.45, 2.75) is 51.1 Å². The Hall–Kier alpha value is -3.35. The van der Waals surface area contributed by atoms with Crippen molar-refractivity contribution in [1.29, 1.82) is 0 Å². The molecule has 0 radical (unpaired) electrons. The van der Waals surface area contributed by atoms with Crippen LogP contribution in [0, 0.1) is 0 Å². The summed E-state index contributed by atoms with van der Waals surface area (Å²) in [5, 5.41) is 9.15. The number of aryl methyl sites for hydroxylation is 1. The van der Waals surface area contributed by atoms with Gasteiger partial charge < -0.3 is 14.8 Å². The first kappa shape index (κ1) is 19.6. The summed E-state index contributed by atoms with van der Waals surface area (Å²) in [5.74, 6) is 1.21. The first-order chi connectivity index (χ1) is 15.1. The summed E-state index contributed by atoms with van der Waals surface area (Å²) in [6, 6.07) is 13.3. The molecule has 5 rings (SSSR count). The number of aromatic nitrogens is 2. The molecule has 0 spiro atoms. The lowest BCUT2D eigenvalue weighted by molar-refractivity contribution is -0.124. The van der Waals surface area contributed by atoms with Crippen LogP contribution in [0.2, 0.25) is 0 Å². The summed E-state index contributed by atoms with van der Waals surface area (Å²) in [6.07, 6.45) is 4.44. The predicted molar refractivity (Wildman–Crippen MR) is 116 cm³/mol. The van der Waals surface area contributed by atoms with E-state index in [1.54, 1.807) is 6.07 Å². The van der Waals surface area contributed by atoms with Crippen LogP contribution in [0.1, 0.15) is 43.9 Å². The number of carbonyl (C=O) groups is 1. The van der Waals surface area contributed by atoms with Gasteiger partial charge in [-0.2, -0.15) is 5.10 Å². The Morgan fingerprint density at radius 2 is 1.84 bits per heavy atom. The normalized spacial score (nSPS) is 16.5. The summed E-state index contributed by atoms with van der Waals surface area (Å²) in [5.41, 5.74) is 1.11. The lowest BCUT2D eigenvalue weighted by Gasteiger charge is -2.31. The topological polar surface area (TPSA) is 82.5 Å². The number of ether oxygens (including phenoxy) is 2. The minimum atomic E-state index is -0.466. The fourth-order valence-electron chi connectivity index (χ4n) is 4.77. The molecule has 1 aliphatic heterocycles. The summed E-state index contributed by atoms with van der Waals surface area (Å²) in [6.45, 7) is 2.11. The molecular formula is C24H25N3O4. The highest BCUT2D eigenvalue weighted by atomic mass is 16.7. The smallest absolute Gasteiger partial charge is 0.275 e. The zero-order valence-electron chi connectivity index (χ0n) is 17.5. The summed E-state index contributed by atoms with van der Waals surface area (Å²) in [4.78, 5) is 26.0. The Morgan fingerprint density at radius 1 is 1.10 bits per heavy atom. The molecule has 0 saturated heterocycles. The quantitative estimate of drug-likeness (QED) is 0.686. The maximum Gasteiger partial charge on any atom is 0.275 e. The second-order valence-corrected chi connectivity index (χ2v) is 8.21. The molecule has 2 aliphatic rings. The van der Waals surface area contributed by atoms with Crippen LogP contribution in [0.5, 0.6) is 11.5 Å². The highest BCUT2D eigenvalue weighted by molar-refractivity contribution is 5.84. The second-order valence-electron chi connectivity index (χ2n) is 8.21. The van der Waals surface area contributed by atoms with Gasteiger partial charge in [-0.25, -0.2) is 4.68 Å².